The smallest absolute Gasteiger partial charge is 0.319 e. The fraction of sp³-hybridized carbons (Fsp3) is 0.348. The third kappa shape index (κ3) is 4.45. The van der Waals surface area contributed by atoms with Gasteiger partial charge < -0.3 is 15.4 Å². The molecule has 0 saturated carbocycles. The van der Waals surface area contributed by atoms with Crippen LogP contribution < -0.4 is 15.4 Å². The van der Waals surface area contributed by atoms with Crippen molar-refractivity contribution in [3.05, 3.63) is 59.9 Å². The monoisotopic (exact) mass is 405 g/mol. The van der Waals surface area contributed by atoms with Crippen LogP contribution in [-0.2, 0) is 19.4 Å². The van der Waals surface area contributed by atoms with Crippen LogP contribution in [0.5, 0.6) is 5.75 Å². The average Bonchev–Trinajstić information content (AvgIpc) is 3.15. The van der Waals surface area contributed by atoms with E-state index in [4.69, 9.17) is 9.84 Å². The van der Waals surface area contributed by atoms with Crippen LogP contribution in [0, 0.1) is 0 Å². The number of carbonyl (C=O) groups is 1. The molecule has 0 radical (unpaired) electrons. The molecule has 0 atom stereocenters. The van der Waals surface area contributed by atoms with Crippen molar-refractivity contribution in [1.82, 2.24) is 20.1 Å². The lowest BCUT2D eigenvalue weighted by atomic mass is 9.95. The van der Waals surface area contributed by atoms with Gasteiger partial charge in [-0.2, -0.15) is 5.10 Å². The maximum absolute atomic E-state index is 12.4. The molecule has 7 nitrogen and oxygen atoms in total. The molecule has 0 aliphatic heterocycles. The summed E-state index contributed by atoms with van der Waals surface area (Å²) in [6, 6.07) is 13.1. The van der Waals surface area contributed by atoms with Crippen molar-refractivity contribution in [2.45, 2.75) is 39.2 Å². The lowest BCUT2D eigenvalue weighted by molar-refractivity contribution is 0.251. The third-order valence-corrected chi connectivity index (χ3v) is 5.21. The molecule has 0 bridgehead atoms. The summed E-state index contributed by atoms with van der Waals surface area (Å²) in [4.78, 5) is 16.8. The summed E-state index contributed by atoms with van der Waals surface area (Å²) < 4.78 is 7.59. The number of fused-ring (bicyclic) bond motifs is 1. The number of pyridine rings is 1. The molecule has 3 aromatic rings. The number of para-hydroxylation sites is 2. The van der Waals surface area contributed by atoms with Crippen LogP contribution in [0.15, 0.2) is 48.7 Å². The molecular formula is C23H27N5O2. The second-order valence-corrected chi connectivity index (χ2v) is 7.23. The number of amides is 2. The molecule has 1 aliphatic rings. The summed E-state index contributed by atoms with van der Waals surface area (Å²) in [5.74, 6) is 0.663. The zero-order valence-electron chi connectivity index (χ0n) is 17.2. The number of nitrogens with one attached hydrogen (secondary N) is 2. The Morgan fingerprint density at radius 1 is 1.13 bits per heavy atom. The molecule has 1 aromatic carbocycles. The number of carbonyl (C=O) groups excluding carboxylic acids is 1. The van der Waals surface area contributed by atoms with Crippen LogP contribution in [0.4, 0.5) is 10.5 Å². The zero-order chi connectivity index (χ0) is 20.8. The van der Waals surface area contributed by atoms with E-state index in [0.29, 0.717) is 31.1 Å². The number of aromatic nitrogens is 3. The molecule has 4 rings (SSSR count). The maximum Gasteiger partial charge on any atom is 0.319 e. The number of nitrogens with zero attached hydrogens (tertiary/aromatic N) is 3. The van der Waals surface area contributed by atoms with E-state index in [2.05, 4.69) is 15.6 Å². The van der Waals surface area contributed by atoms with E-state index in [0.717, 1.165) is 24.2 Å². The summed E-state index contributed by atoms with van der Waals surface area (Å²) in [6.07, 6.45) is 6.20. The first-order valence-corrected chi connectivity index (χ1v) is 10.5. The van der Waals surface area contributed by atoms with E-state index in [-0.39, 0.29) is 6.03 Å². The maximum atomic E-state index is 12.4. The van der Waals surface area contributed by atoms with Gasteiger partial charge in [-0.3, -0.25) is 9.67 Å². The average molecular weight is 406 g/mol. The second kappa shape index (κ2) is 9.43. The number of hydrogen-bond acceptors (Lipinski definition) is 4. The van der Waals surface area contributed by atoms with E-state index in [1.165, 1.54) is 24.1 Å². The van der Waals surface area contributed by atoms with Gasteiger partial charge in [0.1, 0.15) is 11.4 Å². The van der Waals surface area contributed by atoms with Crippen molar-refractivity contribution in [3.8, 4) is 17.1 Å². The largest absolute Gasteiger partial charge is 0.492 e. The van der Waals surface area contributed by atoms with Crippen molar-refractivity contribution in [2.24, 2.45) is 0 Å². The van der Waals surface area contributed by atoms with E-state index in [1.54, 1.807) is 6.20 Å². The van der Waals surface area contributed by atoms with Crippen LogP contribution in [-0.4, -0.2) is 33.9 Å². The minimum atomic E-state index is -0.256. The van der Waals surface area contributed by atoms with Gasteiger partial charge in [-0.15, -0.1) is 0 Å². The normalized spacial score (nSPS) is 12.8. The van der Waals surface area contributed by atoms with Gasteiger partial charge in [-0.1, -0.05) is 18.2 Å². The van der Waals surface area contributed by atoms with Crippen LogP contribution in [0.2, 0.25) is 0 Å². The Balaban J connectivity index is 1.41. The highest BCUT2D eigenvalue weighted by molar-refractivity contribution is 5.90. The standard InChI is InChI=1S/C23H27N5O2/c1-2-30-21-13-6-4-10-18(21)26-23(29)25-15-16-28-20-12-5-3-9-17(20)22(27-28)19-11-7-8-14-24-19/h4,6-8,10-11,13-14H,2-3,5,9,12,15-16H2,1H3,(H2,25,26,29). The zero-order valence-corrected chi connectivity index (χ0v) is 17.2. The Morgan fingerprint density at radius 2 is 1.97 bits per heavy atom. The number of hydrogen-bond donors (Lipinski definition) is 2. The van der Waals surface area contributed by atoms with Gasteiger partial charge in [0.15, 0.2) is 0 Å². The van der Waals surface area contributed by atoms with Crippen LogP contribution in [0.3, 0.4) is 0 Å². The number of anilines is 1. The van der Waals surface area contributed by atoms with E-state index in [9.17, 15) is 4.79 Å². The van der Waals surface area contributed by atoms with Crippen molar-refractivity contribution in [3.63, 3.8) is 0 Å². The summed E-state index contributed by atoms with van der Waals surface area (Å²) in [5.41, 5.74) is 5.11. The van der Waals surface area contributed by atoms with Gasteiger partial charge >= 0.3 is 6.03 Å². The topological polar surface area (TPSA) is 81.1 Å². The van der Waals surface area contributed by atoms with Gasteiger partial charge in [0.2, 0.25) is 0 Å². The van der Waals surface area contributed by atoms with Crippen molar-refractivity contribution in [1.29, 1.82) is 0 Å². The molecule has 2 aromatic heterocycles. The lowest BCUT2D eigenvalue weighted by Gasteiger charge is -2.15. The Labute approximate surface area is 176 Å². The highest BCUT2D eigenvalue weighted by atomic mass is 16.5. The predicted octanol–water partition coefficient (Wildman–Crippen LogP) is 4.04. The first kappa shape index (κ1) is 19.9. The van der Waals surface area contributed by atoms with E-state index >= 15 is 0 Å². The molecule has 2 N–H and O–H groups in total. The van der Waals surface area contributed by atoms with Crippen molar-refractivity contribution >= 4 is 11.7 Å². The first-order valence-electron chi connectivity index (χ1n) is 10.5. The first-order chi connectivity index (χ1) is 14.8. The molecule has 30 heavy (non-hydrogen) atoms. The highest BCUT2D eigenvalue weighted by Gasteiger charge is 2.22. The second-order valence-electron chi connectivity index (χ2n) is 7.23. The predicted molar refractivity (Wildman–Crippen MR) is 117 cm³/mol. The summed E-state index contributed by atoms with van der Waals surface area (Å²) in [6.45, 7) is 3.57. The van der Waals surface area contributed by atoms with Gasteiger partial charge in [0, 0.05) is 24.0 Å². The van der Waals surface area contributed by atoms with Gasteiger partial charge in [0.05, 0.1) is 24.5 Å². The summed E-state index contributed by atoms with van der Waals surface area (Å²) >= 11 is 0. The third-order valence-electron chi connectivity index (χ3n) is 5.21. The number of benzene rings is 1. The van der Waals surface area contributed by atoms with Crippen LogP contribution in [0.1, 0.15) is 31.0 Å². The minimum Gasteiger partial charge on any atom is -0.492 e. The fourth-order valence-corrected chi connectivity index (χ4v) is 3.86. The number of ether oxygens (including phenoxy) is 1. The van der Waals surface area contributed by atoms with Crippen molar-refractivity contribution < 1.29 is 9.53 Å². The SMILES string of the molecule is CCOc1ccccc1NC(=O)NCCn1nc(-c2ccccn2)c2c1CCCC2. The molecular weight excluding hydrogens is 378 g/mol. The summed E-state index contributed by atoms with van der Waals surface area (Å²) in [7, 11) is 0. The van der Waals surface area contributed by atoms with Crippen molar-refractivity contribution in [2.75, 3.05) is 18.5 Å². The van der Waals surface area contributed by atoms with Crippen LogP contribution >= 0.6 is 0 Å². The highest BCUT2D eigenvalue weighted by Crippen LogP contribution is 2.30. The van der Waals surface area contributed by atoms with E-state index in [1.807, 2.05) is 54.1 Å². The molecule has 2 amide bonds. The Kier molecular flexibility index (Phi) is 6.27. The van der Waals surface area contributed by atoms with E-state index < -0.39 is 0 Å². The van der Waals surface area contributed by atoms with Gasteiger partial charge in [-0.25, -0.2) is 4.79 Å². The summed E-state index contributed by atoms with van der Waals surface area (Å²) in [5, 5.41) is 10.6. The van der Waals surface area contributed by atoms with Gasteiger partial charge in [-0.05, 0) is 56.9 Å². The molecule has 156 valence electrons. The Morgan fingerprint density at radius 3 is 2.80 bits per heavy atom. The molecule has 0 spiro atoms. The van der Waals surface area contributed by atoms with Crippen LogP contribution in [0.25, 0.3) is 11.4 Å². The minimum absolute atomic E-state index is 0.256. The molecule has 0 unspecified atom stereocenters. The quantitative estimate of drug-likeness (QED) is 0.622. The molecule has 7 heteroatoms. The Bertz CT molecular complexity index is 1000. The lowest BCUT2D eigenvalue weighted by Crippen LogP contribution is -2.32. The molecule has 2 heterocycles. The fourth-order valence-electron chi connectivity index (χ4n) is 3.86. The number of rotatable bonds is 7. The molecule has 0 saturated heterocycles. The van der Waals surface area contributed by atoms with Gasteiger partial charge in [0.25, 0.3) is 0 Å². The molecule has 0 fully saturated rings. The Hall–Kier alpha value is -3.35. The molecule has 1 aliphatic carbocycles. The number of urea groups is 1.